The number of ketones is 2. The first-order valence-electron chi connectivity index (χ1n) is 7.34. The Balaban J connectivity index is 2.81. The molecule has 0 aliphatic rings. The zero-order valence-corrected chi connectivity index (χ0v) is 13.2. The molecule has 1 rings (SSSR count). The van der Waals surface area contributed by atoms with E-state index in [2.05, 4.69) is 19.2 Å². The first kappa shape index (κ1) is 17.4. The summed E-state index contributed by atoms with van der Waals surface area (Å²) in [5.41, 5.74) is 0.870. The fraction of sp³-hybridized carbons (Fsp3) is 0.529. The zero-order chi connectivity index (χ0) is 16.0. The quantitative estimate of drug-likeness (QED) is 0.772. The summed E-state index contributed by atoms with van der Waals surface area (Å²) in [6, 6.07) is 6.12. The summed E-state index contributed by atoms with van der Waals surface area (Å²) in [4.78, 5) is 23.6. The molecule has 0 aliphatic heterocycles. The van der Waals surface area contributed by atoms with Crippen LogP contribution >= 0.6 is 0 Å². The fourth-order valence-corrected chi connectivity index (χ4v) is 2.30. The number of phenols is 1. The molecule has 0 saturated heterocycles. The Labute approximate surface area is 126 Å². The Morgan fingerprint density at radius 2 is 1.76 bits per heavy atom. The molecule has 0 amide bonds. The maximum Gasteiger partial charge on any atom is 0.147 e. The molecule has 0 spiro atoms. The molecule has 0 unspecified atom stereocenters. The highest BCUT2D eigenvalue weighted by atomic mass is 16.3. The summed E-state index contributed by atoms with van der Waals surface area (Å²) in [5.74, 6) is 0.596. The number of carbonyl (C=O) groups is 2. The molecular weight excluding hydrogens is 266 g/mol. The third kappa shape index (κ3) is 6.08. The van der Waals surface area contributed by atoms with E-state index < -0.39 is 6.04 Å². The molecule has 4 heteroatoms. The van der Waals surface area contributed by atoms with Crippen molar-refractivity contribution in [2.45, 2.75) is 52.6 Å². The van der Waals surface area contributed by atoms with Crippen LogP contribution < -0.4 is 5.32 Å². The predicted octanol–water partition coefficient (Wildman–Crippen LogP) is 2.49. The molecule has 4 nitrogen and oxygen atoms in total. The lowest BCUT2D eigenvalue weighted by atomic mass is 9.97. The molecule has 116 valence electrons. The molecule has 2 atom stereocenters. The first-order chi connectivity index (χ1) is 9.79. The summed E-state index contributed by atoms with van der Waals surface area (Å²) in [7, 11) is 0. The molecule has 1 aromatic carbocycles. The van der Waals surface area contributed by atoms with Crippen LogP contribution in [0.25, 0.3) is 0 Å². The van der Waals surface area contributed by atoms with Crippen LogP contribution in [0.1, 0.15) is 39.7 Å². The number of hydrogen-bond donors (Lipinski definition) is 2. The van der Waals surface area contributed by atoms with Crippen LogP contribution in [0.2, 0.25) is 0 Å². The highest BCUT2D eigenvalue weighted by Gasteiger charge is 2.23. The van der Waals surface area contributed by atoms with Crippen LogP contribution in [0.5, 0.6) is 5.75 Å². The number of rotatable bonds is 8. The van der Waals surface area contributed by atoms with Crippen molar-refractivity contribution in [1.29, 1.82) is 0 Å². The number of carbonyl (C=O) groups excluding carboxylic acids is 2. The molecule has 0 saturated carbocycles. The molecule has 0 bridgehead atoms. The predicted molar refractivity (Wildman–Crippen MR) is 83.3 cm³/mol. The SMILES string of the molecule is CC(=O)[C@H](Cc1cccc(O)c1)N[C@@H](CC(C)C)C(C)=O. The third-order valence-electron chi connectivity index (χ3n) is 3.44. The van der Waals surface area contributed by atoms with Crippen molar-refractivity contribution < 1.29 is 14.7 Å². The molecule has 0 aromatic heterocycles. The van der Waals surface area contributed by atoms with Crippen molar-refractivity contribution in [1.82, 2.24) is 5.32 Å². The van der Waals surface area contributed by atoms with Gasteiger partial charge in [0.1, 0.15) is 17.3 Å². The molecule has 1 aromatic rings. The number of Topliss-reactive ketones (excluding diaryl/α,β-unsaturated/α-hetero) is 2. The van der Waals surface area contributed by atoms with Gasteiger partial charge in [-0.3, -0.25) is 14.9 Å². The second-order valence-electron chi connectivity index (χ2n) is 6.00. The van der Waals surface area contributed by atoms with Gasteiger partial charge in [0.15, 0.2) is 0 Å². The maximum absolute atomic E-state index is 11.8. The van der Waals surface area contributed by atoms with E-state index in [1.54, 1.807) is 25.1 Å². The van der Waals surface area contributed by atoms with Crippen molar-refractivity contribution in [2.24, 2.45) is 5.92 Å². The van der Waals surface area contributed by atoms with E-state index in [0.29, 0.717) is 18.8 Å². The molecule has 0 fully saturated rings. The number of phenolic OH excluding ortho intramolecular Hbond substituents is 1. The van der Waals surface area contributed by atoms with Gasteiger partial charge >= 0.3 is 0 Å². The lowest BCUT2D eigenvalue weighted by Gasteiger charge is -2.24. The summed E-state index contributed by atoms with van der Waals surface area (Å²) in [6.45, 7) is 7.17. The first-order valence-corrected chi connectivity index (χ1v) is 7.34. The second-order valence-corrected chi connectivity index (χ2v) is 6.00. The van der Waals surface area contributed by atoms with E-state index in [9.17, 15) is 14.7 Å². The molecule has 21 heavy (non-hydrogen) atoms. The smallest absolute Gasteiger partial charge is 0.147 e. The van der Waals surface area contributed by atoms with Gasteiger partial charge in [0.25, 0.3) is 0 Å². The number of aromatic hydroxyl groups is 1. The van der Waals surface area contributed by atoms with Crippen LogP contribution in [-0.4, -0.2) is 28.8 Å². The summed E-state index contributed by atoms with van der Waals surface area (Å²) < 4.78 is 0. The van der Waals surface area contributed by atoms with Crippen LogP contribution in [0.15, 0.2) is 24.3 Å². The zero-order valence-electron chi connectivity index (χ0n) is 13.2. The van der Waals surface area contributed by atoms with Gasteiger partial charge < -0.3 is 5.11 Å². The van der Waals surface area contributed by atoms with Gasteiger partial charge in [0.2, 0.25) is 0 Å². The molecule has 0 aliphatic carbocycles. The number of nitrogens with one attached hydrogen (secondary N) is 1. The fourth-order valence-electron chi connectivity index (χ4n) is 2.30. The monoisotopic (exact) mass is 291 g/mol. The van der Waals surface area contributed by atoms with Crippen molar-refractivity contribution in [3.05, 3.63) is 29.8 Å². The van der Waals surface area contributed by atoms with Crippen molar-refractivity contribution >= 4 is 11.6 Å². The number of benzene rings is 1. The standard InChI is InChI=1S/C17H25NO3/c1-11(2)8-16(12(3)19)18-17(13(4)20)10-14-6-5-7-15(21)9-14/h5-7,9,11,16-18,21H,8,10H2,1-4H3/t16-,17-/m0/s1. The van der Waals surface area contributed by atoms with Crippen LogP contribution in [0.4, 0.5) is 0 Å². The Morgan fingerprint density at radius 1 is 1.14 bits per heavy atom. The minimum absolute atomic E-state index is 0.00616. The van der Waals surface area contributed by atoms with E-state index in [1.807, 2.05) is 6.07 Å². The largest absolute Gasteiger partial charge is 0.508 e. The summed E-state index contributed by atoms with van der Waals surface area (Å²) >= 11 is 0. The Kier molecular flexibility index (Phi) is 6.56. The van der Waals surface area contributed by atoms with Gasteiger partial charge in [-0.25, -0.2) is 0 Å². The second kappa shape index (κ2) is 7.93. The van der Waals surface area contributed by atoms with E-state index in [4.69, 9.17) is 0 Å². The highest BCUT2D eigenvalue weighted by Crippen LogP contribution is 2.14. The van der Waals surface area contributed by atoms with E-state index in [-0.39, 0.29) is 23.4 Å². The maximum atomic E-state index is 11.8. The van der Waals surface area contributed by atoms with E-state index in [1.165, 1.54) is 6.92 Å². The van der Waals surface area contributed by atoms with Crippen molar-refractivity contribution in [3.63, 3.8) is 0 Å². The molecule has 2 N–H and O–H groups in total. The summed E-state index contributed by atoms with van der Waals surface area (Å²) in [6.07, 6.45) is 1.17. The van der Waals surface area contributed by atoms with Gasteiger partial charge in [0, 0.05) is 0 Å². The van der Waals surface area contributed by atoms with E-state index >= 15 is 0 Å². The lowest BCUT2D eigenvalue weighted by molar-refractivity contribution is -0.121. The highest BCUT2D eigenvalue weighted by molar-refractivity contribution is 5.85. The van der Waals surface area contributed by atoms with Gasteiger partial charge in [0.05, 0.1) is 12.1 Å². The topological polar surface area (TPSA) is 66.4 Å². The molecule has 0 heterocycles. The van der Waals surface area contributed by atoms with Gasteiger partial charge in [-0.05, 0) is 50.3 Å². The van der Waals surface area contributed by atoms with Crippen molar-refractivity contribution in [2.75, 3.05) is 0 Å². The van der Waals surface area contributed by atoms with Crippen molar-refractivity contribution in [3.8, 4) is 5.75 Å². The minimum atomic E-state index is -0.417. The Bertz CT molecular complexity index is 497. The average Bonchev–Trinajstić information content (AvgIpc) is 2.36. The normalized spacial score (nSPS) is 14.0. The Morgan fingerprint density at radius 3 is 2.24 bits per heavy atom. The molecular formula is C17H25NO3. The van der Waals surface area contributed by atoms with Gasteiger partial charge in [-0.1, -0.05) is 26.0 Å². The van der Waals surface area contributed by atoms with E-state index in [0.717, 1.165) is 5.56 Å². The lowest BCUT2D eigenvalue weighted by Crippen LogP contribution is -2.47. The van der Waals surface area contributed by atoms with Crippen LogP contribution in [0, 0.1) is 5.92 Å². The molecule has 0 radical (unpaired) electrons. The van der Waals surface area contributed by atoms with Gasteiger partial charge in [-0.2, -0.15) is 0 Å². The minimum Gasteiger partial charge on any atom is -0.508 e. The number of hydrogen-bond acceptors (Lipinski definition) is 4. The van der Waals surface area contributed by atoms with Gasteiger partial charge in [-0.15, -0.1) is 0 Å². The average molecular weight is 291 g/mol. The summed E-state index contributed by atoms with van der Waals surface area (Å²) in [5, 5.41) is 12.7. The Hall–Kier alpha value is -1.68. The van der Waals surface area contributed by atoms with Crippen LogP contribution in [0.3, 0.4) is 0 Å². The third-order valence-corrected chi connectivity index (χ3v) is 3.44. The van der Waals surface area contributed by atoms with Crippen LogP contribution in [-0.2, 0) is 16.0 Å².